The van der Waals surface area contributed by atoms with Gasteiger partial charge >= 0.3 is 12.2 Å². The summed E-state index contributed by atoms with van der Waals surface area (Å²) in [5, 5.41) is 5.06. The lowest BCUT2D eigenvalue weighted by molar-refractivity contribution is -0.157. The number of nitrogens with one attached hydrogen (secondary N) is 2. The van der Waals surface area contributed by atoms with Gasteiger partial charge in [0.25, 0.3) is 0 Å². The summed E-state index contributed by atoms with van der Waals surface area (Å²) < 4.78 is 37.0. The average molecular weight is 330 g/mol. The Morgan fingerprint density at radius 3 is 2.70 bits per heavy atom. The predicted molar refractivity (Wildman–Crippen MR) is 75.4 cm³/mol. The van der Waals surface area contributed by atoms with Crippen molar-refractivity contribution in [3.05, 3.63) is 30.1 Å². The van der Waals surface area contributed by atoms with E-state index in [2.05, 4.69) is 15.6 Å². The summed E-state index contributed by atoms with van der Waals surface area (Å²) in [6.45, 7) is 0.434. The monoisotopic (exact) mass is 330 g/mol. The molecule has 126 valence electrons. The van der Waals surface area contributed by atoms with Crippen LogP contribution in [0.15, 0.2) is 24.5 Å². The summed E-state index contributed by atoms with van der Waals surface area (Å²) in [5.41, 5.74) is 0.826. The summed E-state index contributed by atoms with van der Waals surface area (Å²) in [6.07, 6.45) is -1.11. The fourth-order valence-corrected chi connectivity index (χ4v) is 2.38. The zero-order chi connectivity index (χ0) is 17.0. The first-order chi connectivity index (χ1) is 10.8. The van der Waals surface area contributed by atoms with Gasteiger partial charge in [-0.25, -0.2) is 4.79 Å². The molecule has 1 fully saturated rings. The maximum atomic E-state index is 12.3. The van der Waals surface area contributed by atoms with Gasteiger partial charge in [0.15, 0.2) is 0 Å². The molecule has 2 atom stereocenters. The van der Waals surface area contributed by atoms with E-state index in [9.17, 15) is 22.8 Å². The zero-order valence-electron chi connectivity index (χ0n) is 12.4. The van der Waals surface area contributed by atoms with Gasteiger partial charge in [-0.15, -0.1) is 0 Å². The molecule has 0 spiro atoms. The Bertz CT molecular complexity index is 565. The minimum absolute atomic E-state index is 0.0246. The minimum Gasteiger partial charge on any atom is -0.332 e. The quantitative estimate of drug-likeness (QED) is 0.881. The van der Waals surface area contributed by atoms with Gasteiger partial charge in [-0.1, -0.05) is 0 Å². The first-order valence-electron chi connectivity index (χ1n) is 7.09. The van der Waals surface area contributed by atoms with Gasteiger partial charge in [0, 0.05) is 18.9 Å². The number of alkyl halides is 3. The van der Waals surface area contributed by atoms with Crippen molar-refractivity contribution in [1.82, 2.24) is 20.5 Å². The lowest BCUT2D eigenvalue weighted by Crippen LogP contribution is -2.47. The number of halogens is 3. The molecule has 1 saturated heterocycles. The second kappa shape index (κ2) is 6.84. The Morgan fingerprint density at radius 1 is 1.43 bits per heavy atom. The normalized spacial score (nSPS) is 19.6. The summed E-state index contributed by atoms with van der Waals surface area (Å²) in [4.78, 5) is 28.3. The van der Waals surface area contributed by atoms with Crippen LogP contribution in [0.4, 0.5) is 18.0 Å². The molecule has 23 heavy (non-hydrogen) atoms. The summed E-state index contributed by atoms with van der Waals surface area (Å²) in [7, 11) is 0. The molecule has 2 unspecified atom stereocenters. The molecule has 0 bridgehead atoms. The number of pyridine rings is 1. The van der Waals surface area contributed by atoms with Gasteiger partial charge in [0.2, 0.25) is 5.91 Å². The lowest BCUT2D eigenvalue weighted by Gasteiger charge is -2.19. The van der Waals surface area contributed by atoms with E-state index in [1.807, 2.05) is 0 Å². The SMILES string of the molecule is CC(NC(=O)NC1CCN(CC(F)(F)F)C1=O)c1ccncc1. The molecule has 0 saturated carbocycles. The van der Waals surface area contributed by atoms with Crippen LogP contribution in [-0.2, 0) is 4.79 Å². The number of carbonyl (C=O) groups is 2. The Balaban J connectivity index is 1.85. The maximum absolute atomic E-state index is 12.3. The van der Waals surface area contributed by atoms with Crippen molar-refractivity contribution in [3.8, 4) is 0 Å². The van der Waals surface area contributed by atoms with Gasteiger partial charge < -0.3 is 15.5 Å². The van der Waals surface area contributed by atoms with E-state index in [4.69, 9.17) is 0 Å². The van der Waals surface area contributed by atoms with E-state index in [1.165, 1.54) is 0 Å². The third-order valence-electron chi connectivity index (χ3n) is 3.53. The highest BCUT2D eigenvalue weighted by molar-refractivity contribution is 5.88. The molecule has 1 aliphatic heterocycles. The van der Waals surface area contributed by atoms with Crippen molar-refractivity contribution in [2.45, 2.75) is 31.6 Å². The Hall–Kier alpha value is -2.32. The number of amides is 3. The number of likely N-dealkylation sites (tertiary alicyclic amines) is 1. The molecule has 2 rings (SSSR count). The van der Waals surface area contributed by atoms with Crippen LogP contribution in [0.3, 0.4) is 0 Å². The average Bonchev–Trinajstić information content (AvgIpc) is 2.79. The molecule has 0 aromatic carbocycles. The van der Waals surface area contributed by atoms with Crippen molar-refractivity contribution in [3.63, 3.8) is 0 Å². The predicted octanol–water partition coefficient (Wildman–Crippen LogP) is 1.60. The summed E-state index contributed by atoms with van der Waals surface area (Å²) in [6, 6.07) is 1.62. The highest BCUT2D eigenvalue weighted by Gasteiger charge is 2.39. The number of hydrogen-bond acceptors (Lipinski definition) is 3. The van der Waals surface area contributed by atoms with E-state index < -0.39 is 30.7 Å². The molecule has 6 nitrogen and oxygen atoms in total. The van der Waals surface area contributed by atoms with Gasteiger partial charge in [-0.3, -0.25) is 9.78 Å². The number of nitrogens with zero attached hydrogens (tertiary/aromatic N) is 2. The fraction of sp³-hybridized carbons (Fsp3) is 0.500. The van der Waals surface area contributed by atoms with Gasteiger partial charge in [-0.2, -0.15) is 13.2 Å². The number of rotatable bonds is 4. The second-order valence-electron chi connectivity index (χ2n) is 5.34. The zero-order valence-corrected chi connectivity index (χ0v) is 12.4. The van der Waals surface area contributed by atoms with E-state index in [0.29, 0.717) is 4.90 Å². The van der Waals surface area contributed by atoms with Crippen LogP contribution in [0.1, 0.15) is 24.9 Å². The van der Waals surface area contributed by atoms with Crippen molar-refractivity contribution >= 4 is 11.9 Å². The lowest BCUT2D eigenvalue weighted by atomic mass is 10.1. The minimum atomic E-state index is -4.44. The van der Waals surface area contributed by atoms with Crippen molar-refractivity contribution in [1.29, 1.82) is 0 Å². The molecule has 3 amide bonds. The Kier molecular flexibility index (Phi) is 5.07. The van der Waals surface area contributed by atoms with Crippen LogP contribution >= 0.6 is 0 Å². The number of carbonyl (C=O) groups excluding carboxylic acids is 2. The molecule has 1 aromatic heterocycles. The van der Waals surface area contributed by atoms with Gasteiger partial charge in [-0.05, 0) is 31.0 Å². The highest BCUT2D eigenvalue weighted by Crippen LogP contribution is 2.21. The Morgan fingerprint density at radius 2 is 2.09 bits per heavy atom. The fourth-order valence-electron chi connectivity index (χ4n) is 2.38. The molecule has 2 N–H and O–H groups in total. The van der Waals surface area contributed by atoms with Crippen molar-refractivity contribution in [2.24, 2.45) is 0 Å². The van der Waals surface area contributed by atoms with Crippen LogP contribution < -0.4 is 10.6 Å². The van der Waals surface area contributed by atoms with Crippen LogP contribution in [0.25, 0.3) is 0 Å². The van der Waals surface area contributed by atoms with Crippen LogP contribution in [0.2, 0.25) is 0 Å². The number of aromatic nitrogens is 1. The third kappa shape index (κ3) is 4.83. The summed E-state index contributed by atoms with van der Waals surface area (Å²) >= 11 is 0. The number of hydrogen-bond donors (Lipinski definition) is 2. The van der Waals surface area contributed by atoms with Crippen LogP contribution in [-0.4, -0.2) is 47.1 Å². The van der Waals surface area contributed by atoms with Crippen LogP contribution in [0.5, 0.6) is 0 Å². The molecule has 0 aliphatic carbocycles. The Labute approximate surface area is 131 Å². The van der Waals surface area contributed by atoms with Crippen molar-refractivity contribution in [2.75, 3.05) is 13.1 Å². The van der Waals surface area contributed by atoms with E-state index in [-0.39, 0.29) is 19.0 Å². The largest absolute Gasteiger partial charge is 0.406 e. The highest BCUT2D eigenvalue weighted by atomic mass is 19.4. The molecule has 0 radical (unpaired) electrons. The standard InChI is InChI=1S/C14H17F3N4O2/c1-9(10-2-5-18-6-3-10)19-13(23)20-11-4-7-21(12(11)22)8-14(15,16)17/h2-3,5-6,9,11H,4,7-8H2,1H3,(H2,19,20,23). The first-order valence-corrected chi connectivity index (χ1v) is 7.09. The van der Waals surface area contributed by atoms with E-state index >= 15 is 0 Å². The molecular weight excluding hydrogens is 313 g/mol. The molecule has 1 aliphatic rings. The maximum Gasteiger partial charge on any atom is 0.406 e. The third-order valence-corrected chi connectivity index (χ3v) is 3.53. The van der Waals surface area contributed by atoms with Gasteiger partial charge in [0.05, 0.1) is 6.04 Å². The van der Waals surface area contributed by atoms with Crippen molar-refractivity contribution < 1.29 is 22.8 Å². The smallest absolute Gasteiger partial charge is 0.332 e. The number of urea groups is 1. The molecule has 2 heterocycles. The molecular formula is C14H17F3N4O2. The summed E-state index contributed by atoms with van der Waals surface area (Å²) in [5.74, 6) is -0.714. The molecule has 9 heteroatoms. The topological polar surface area (TPSA) is 74.3 Å². The van der Waals surface area contributed by atoms with E-state index in [1.54, 1.807) is 31.5 Å². The van der Waals surface area contributed by atoms with Crippen LogP contribution in [0, 0.1) is 0 Å². The van der Waals surface area contributed by atoms with E-state index in [0.717, 1.165) is 5.56 Å². The second-order valence-corrected chi connectivity index (χ2v) is 5.34. The first kappa shape index (κ1) is 17.0. The van der Waals surface area contributed by atoms with Gasteiger partial charge in [0.1, 0.15) is 12.6 Å². The molecule has 1 aromatic rings.